The highest BCUT2D eigenvalue weighted by Crippen LogP contribution is 2.33. The second kappa shape index (κ2) is 11.4. The third-order valence-electron chi connectivity index (χ3n) is 6.39. The second-order valence-corrected chi connectivity index (χ2v) is 9.24. The van der Waals surface area contributed by atoms with E-state index in [0.717, 1.165) is 56.9 Å². The van der Waals surface area contributed by atoms with Crippen molar-refractivity contribution in [3.8, 4) is 0 Å². The number of aromatic nitrogens is 2. The van der Waals surface area contributed by atoms with Crippen molar-refractivity contribution in [1.82, 2.24) is 19.4 Å². The standard InChI is InChI=1S/C26H28N4O9/c1-3-13-35-14-12-30-16(15-29-10-8-28(2)9-11-29)27-21-22(30)24-26(39-20(34)7-5-18(32)37-24)25-23(21)36-17(31)4-6-19(33)38-25/h4-7H,3,8-15H2,1-2H3. The molecule has 0 bridgehead atoms. The molecule has 206 valence electrons. The number of imidazole rings is 1. The van der Waals surface area contributed by atoms with Crippen LogP contribution in [0.15, 0.2) is 61.1 Å². The Bertz CT molecular complexity index is 1800. The molecule has 0 spiro atoms. The second-order valence-electron chi connectivity index (χ2n) is 9.24. The topological polar surface area (TPSA) is 154 Å². The molecule has 1 fully saturated rings. The molecule has 3 aromatic heterocycles. The molecule has 4 aromatic rings. The van der Waals surface area contributed by atoms with E-state index in [9.17, 15) is 19.2 Å². The Balaban J connectivity index is 1.91. The molecule has 0 saturated carbocycles. The largest absolute Gasteiger partial charge is 0.417 e. The van der Waals surface area contributed by atoms with Crippen molar-refractivity contribution in [3.05, 3.63) is 71.8 Å². The molecular formula is C26H28N4O9. The Hall–Kier alpha value is -4.07. The van der Waals surface area contributed by atoms with Crippen LogP contribution in [-0.4, -0.2) is 65.8 Å². The molecule has 1 aliphatic rings. The zero-order chi connectivity index (χ0) is 27.5. The molecule has 5 rings (SSSR count). The number of benzene rings is 1. The van der Waals surface area contributed by atoms with Crippen LogP contribution in [0, 0.1) is 0 Å². The van der Waals surface area contributed by atoms with Gasteiger partial charge < -0.3 is 31.9 Å². The highest BCUT2D eigenvalue weighted by molar-refractivity contribution is 6.15. The van der Waals surface area contributed by atoms with E-state index in [1.807, 2.05) is 6.92 Å². The molecule has 0 aliphatic carbocycles. The Morgan fingerprint density at radius 1 is 0.769 bits per heavy atom. The molecule has 1 saturated heterocycles. The molecule has 13 heteroatoms. The van der Waals surface area contributed by atoms with Crippen LogP contribution in [0.2, 0.25) is 0 Å². The zero-order valence-corrected chi connectivity index (χ0v) is 21.6. The summed E-state index contributed by atoms with van der Waals surface area (Å²) >= 11 is 0. The number of likely N-dealkylation sites (N-methyl/N-ethyl adjacent to an activating group) is 1. The van der Waals surface area contributed by atoms with Crippen LogP contribution in [0.5, 0.6) is 0 Å². The van der Waals surface area contributed by atoms with Gasteiger partial charge in [0.2, 0.25) is 22.3 Å². The Morgan fingerprint density at radius 2 is 1.31 bits per heavy atom. The van der Waals surface area contributed by atoms with Gasteiger partial charge in [0.25, 0.3) is 0 Å². The zero-order valence-electron chi connectivity index (χ0n) is 21.6. The summed E-state index contributed by atoms with van der Waals surface area (Å²) in [6, 6.07) is 3.61. The van der Waals surface area contributed by atoms with Gasteiger partial charge in [-0.15, -0.1) is 0 Å². The van der Waals surface area contributed by atoms with Crippen molar-refractivity contribution in [3.63, 3.8) is 0 Å². The van der Waals surface area contributed by atoms with Gasteiger partial charge in [0.15, 0.2) is 0 Å². The van der Waals surface area contributed by atoms with Gasteiger partial charge in [0.1, 0.15) is 16.9 Å². The summed E-state index contributed by atoms with van der Waals surface area (Å²) in [4.78, 5) is 59.2. The first kappa shape index (κ1) is 26.5. The van der Waals surface area contributed by atoms with Gasteiger partial charge in [-0.3, -0.25) is 4.90 Å². The fourth-order valence-corrected chi connectivity index (χ4v) is 4.46. The van der Waals surface area contributed by atoms with Gasteiger partial charge in [-0.25, -0.2) is 24.2 Å². The molecule has 1 aliphatic heterocycles. The molecule has 0 atom stereocenters. The van der Waals surface area contributed by atoms with E-state index in [1.165, 1.54) is 0 Å². The number of nitrogens with zero attached hydrogens (tertiary/aromatic N) is 4. The van der Waals surface area contributed by atoms with Crippen molar-refractivity contribution in [2.45, 2.75) is 26.4 Å². The first-order chi connectivity index (χ1) is 18.8. The van der Waals surface area contributed by atoms with Gasteiger partial charge in [0.05, 0.1) is 13.2 Å². The summed E-state index contributed by atoms with van der Waals surface area (Å²) in [5.41, 5.74) is -4.38. The lowest BCUT2D eigenvalue weighted by Crippen LogP contribution is -2.44. The lowest BCUT2D eigenvalue weighted by atomic mass is 10.2. The van der Waals surface area contributed by atoms with Gasteiger partial charge in [-0.2, -0.15) is 0 Å². The molecule has 1 aromatic carbocycles. The average molecular weight is 541 g/mol. The van der Waals surface area contributed by atoms with Crippen LogP contribution < -0.4 is 22.5 Å². The monoisotopic (exact) mass is 540 g/mol. The predicted octanol–water partition coefficient (Wildman–Crippen LogP) is 1.45. The Kier molecular flexibility index (Phi) is 7.72. The fourth-order valence-electron chi connectivity index (χ4n) is 4.46. The van der Waals surface area contributed by atoms with Gasteiger partial charge in [-0.1, -0.05) is 6.92 Å². The maximum Gasteiger partial charge on any atom is 0.336 e. The number of hydrogen-bond acceptors (Lipinski definition) is 12. The smallest absolute Gasteiger partial charge is 0.336 e. The first-order valence-corrected chi connectivity index (χ1v) is 12.6. The van der Waals surface area contributed by atoms with E-state index in [-0.39, 0.29) is 27.8 Å². The van der Waals surface area contributed by atoms with Gasteiger partial charge in [-0.05, 0) is 13.5 Å². The predicted molar refractivity (Wildman–Crippen MR) is 140 cm³/mol. The molecule has 0 unspecified atom stereocenters. The lowest BCUT2D eigenvalue weighted by molar-refractivity contribution is 0.123. The molecular weight excluding hydrogens is 512 g/mol. The number of hydrogen-bond donors (Lipinski definition) is 0. The van der Waals surface area contributed by atoms with Crippen LogP contribution in [0.25, 0.3) is 33.4 Å². The van der Waals surface area contributed by atoms with E-state index < -0.39 is 28.1 Å². The van der Waals surface area contributed by atoms with Crippen molar-refractivity contribution in [1.29, 1.82) is 0 Å². The molecule has 39 heavy (non-hydrogen) atoms. The van der Waals surface area contributed by atoms with Crippen molar-refractivity contribution < 1.29 is 22.4 Å². The first-order valence-electron chi connectivity index (χ1n) is 12.6. The number of ether oxygens (including phenoxy) is 1. The van der Waals surface area contributed by atoms with Crippen LogP contribution in [0.1, 0.15) is 19.2 Å². The van der Waals surface area contributed by atoms with E-state index in [2.05, 4.69) is 16.8 Å². The van der Waals surface area contributed by atoms with Crippen molar-refractivity contribution >= 4 is 33.4 Å². The van der Waals surface area contributed by atoms with Crippen molar-refractivity contribution in [2.24, 2.45) is 0 Å². The lowest BCUT2D eigenvalue weighted by Gasteiger charge is -2.32. The summed E-state index contributed by atoms with van der Waals surface area (Å²) in [6.45, 7) is 6.96. The quantitative estimate of drug-likeness (QED) is 0.312. The van der Waals surface area contributed by atoms with E-state index >= 15 is 0 Å². The average Bonchev–Trinajstić information content (AvgIpc) is 3.25. The summed E-state index contributed by atoms with van der Waals surface area (Å²) in [5, 5.41) is 0. The Morgan fingerprint density at radius 3 is 1.90 bits per heavy atom. The van der Waals surface area contributed by atoms with Crippen LogP contribution >= 0.6 is 0 Å². The third-order valence-corrected chi connectivity index (χ3v) is 6.39. The van der Waals surface area contributed by atoms with Crippen LogP contribution in [0.4, 0.5) is 0 Å². The highest BCUT2D eigenvalue weighted by Gasteiger charge is 2.25. The van der Waals surface area contributed by atoms with E-state index in [4.69, 9.17) is 27.4 Å². The maximum atomic E-state index is 12.6. The minimum absolute atomic E-state index is 0.105. The number of piperazine rings is 1. The minimum atomic E-state index is -0.917. The summed E-state index contributed by atoms with van der Waals surface area (Å²) in [5.74, 6) is 0.574. The molecule has 0 amide bonds. The summed E-state index contributed by atoms with van der Waals surface area (Å²) in [7, 11) is 2.06. The molecule has 0 radical (unpaired) electrons. The number of rotatable bonds is 7. The maximum absolute atomic E-state index is 12.6. The SMILES string of the molecule is CCCOCCn1c(CN2CCN(C)CC2)nc2c3oc(=O)ccc(=O)oc3c3oc(=O)ccc(=O)oc3c21. The van der Waals surface area contributed by atoms with E-state index in [0.29, 0.717) is 32.1 Å². The van der Waals surface area contributed by atoms with Crippen LogP contribution in [-0.2, 0) is 17.8 Å². The molecule has 0 N–H and O–H groups in total. The molecule has 4 heterocycles. The Labute approximate surface area is 220 Å². The van der Waals surface area contributed by atoms with Crippen molar-refractivity contribution in [2.75, 3.05) is 46.4 Å². The van der Waals surface area contributed by atoms with Crippen LogP contribution in [0.3, 0.4) is 0 Å². The third kappa shape index (κ3) is 5.70. The highest BCUT2D eigenvalue weighted by atomic mass is 16.5. The summed E-state index contributed by atoms with van der Waals surface area (Å²) < 4.78 is 29.5. The summed E-state index contributed by atoms with van der Waals surface area (Å²) in [6.07, 6.45) is 0.830. The van der Waals surface area contributed by atoms with E-state index in [1.54, 1.807) is 4.57 Å². The minimum Gasteiger partial charge on any atom is -0.417 e. The molecule has 13 nitrogen and oxygen atoms in total. The van der Waals surface area contributed by atoms with Gasteiger partial charge >= 0.3 is 22.5 Å². The number of fused-ring (bicyclic) bond motifs is 6. The van der Waals surface area contributed by atoms with Gasteiger partial charge in [0, 0.05) is 63.6 Å². The fraction of sp³-hybridized carbons (Fsp3) is 0.423. The normalized spacial score (nSPS) is 14.8.